The first kappa shape index (κ1) is 25.1. The molecule has 3 aromatic carbocycles. The normalized spacial score (nSPS) is 12.4. The number of imidazole rings is 2. The van der Waals surface area contributed by atoms with E-state index < -0.39 is 23.6 Å². The molecule has 10 heteroatoms. The minimum absolute atomic E-state index is 0.0269. The van der Waals surface area contributed by atoms with Gasteiger partial charge in [-0.3, -0.25) is 4.79 Å². The first-order valence-electron chi connectivity index (χ1n) is 11.7. The molecule has 0 aliphatic heterocycles. The van der Waals surface area contributed by atoms with Crippen LogP contribution in [0.3, 0.4) is 0 Å². The molecule has 0 spiro atoms. The van der Waals surface area contributed by atoms with Crippen LogP contribution in [0, 0.1) is 28.0 Å². The van der Waals surface area contributed by atoms with Crippen LogP contribution in [0.25, 0.3) is 22.1 Å². The van der Waals surface area contributed by atoms with E-state index in [0.29, 0.717) is 14.9 Å². The molecular formula is C27H25F2IN6O. The van der Waals surface area contributed by atoms with Crippen LogP contribution in [0.2, 0.25) is 0 Å². The molecule has 37 heavy (non-hydrogen) atoms. The van der Waals surface area contributed by atoms with Gasteiger partial charge in [-0.2, -0.15) is 0 Å². The van der Waals surface area contributed by atoms with Crippen molar-refractivity contribution in [3.05, 3.63) is 80.9 Å². The zero-order valence-electron chi connectivity index (χ0n) is 20.7. The van der Waals surface area contributed by atoms with Crippen molar-refractivity contribution < 1.29 is 13.6 Å². The molecule has 0 saturated heterocycles. The summed E-state index contributed by atoms with van der Waals surface area (Å²) in [5.74, 6) is -1.24. The van der Waals surface area contributed by atoms with Gasteiger partial charge in [0, 0.05) is 10.6 Å². The van der Waals surface area contributed by atoms with Crippen molar-refractivity contribution in [1.29, 1.82) is 0 Å². The molecule has 0 aliphatic carbocycles. The molecule has 0 saturated carbocycles. The van der Waals surface area contributed by atoms with Crippen molar-refractivity contribution in [2.75, 3.05) is 5.32 Å². The number of rotatable bonds is 6. The Morgan fingerprint density at radius 2 is 1.92 bits per heavy atom. The molecule has 1 atom stereocenters. The van der Waals surface area contributed by atoms with Crippen molar-refractivity contribution in [2.24, 2.45) is 13.0 Å². The Bertz CT molecular complexity index is 1660. The molecule has 5 rings (SSSR count). The number of carbonyl (C=O) groups is 1. The highest BCUT2D eigenvalue weighted by Crippen LogP contribution is 2.33. The zero-order chi connectivity index (χ0) is 26.4. The van der Waals surface area contributed by atoms with Crippen molar-refractivity contribution in [2.45, 2.75) is 26.8 Å². The van der Waals surface area contributed by atoms with Crippen LogP contribution >= 0.6 is 22.6 Å². The van der Waals surface area contributed by atoms with Crippen LogP contribution in [0.1, 0.15) is 41.6 Å². The third-order valence-corrected chi connectivity index (χ3v) is 6.97. The predicted molar refractivity (Wildman–Crippen MR) is 149 cm³/mol. The van der Waals surface area contributed by atoms with E-state index in [-0.39, 0.29) is 28.4 Å². The quantitative estimate of drug-likeness (QED) is 0.190. The topological polar surface area (TPSA) is 87.6 Å². The summed E-state index contributed by atoms with van der Waals surface area (Å²) in [7, 11) is 1.72. The fourth-order valence-electron chi connectivity index (χ4n) is 4.30. The number of fused-ring (bicyclic) bond motifs is 2. The van der Waals surface area contributed by atoms with Gasteiger partial charge in [0.1, 0.15) is 17.2 Å². The maximum absolute atomic E-state index is 15.7. The molecule has 2 aromatic heterocycles. The van der Waals surface area contributed by atoms with Crippen LogP contribution in [-0.2, 0) is 7.05 Å². The zero-order valence-corrected chi connectivity index (χ0v) is 22.8. The molecule has 190 valence electrons. The van der Waals surface area contributed by atoms with E-state index in [9.17, 15) is 9.18 Å². The van der Waals surface area contributed by atoms with E-state index in [1.165, 1.54) is 18.5 Å². The Labute approximate surface area is 225 Å². The smallest absolute Gasteiger partial charge is 0.254 e. The minimum atomic E-state index is -0.735. The van der Waals surface area contributed by atoms with Gasteiger partial charge >= 0.3 is 0 Å². The maximum atomic E-state index is 15.7. The molecule has 2 heterocycles. The maximum Gasteiger partial charge on any atom is 0.254 e. The van der Waals surface area contributed by atoms with E-state index >= 15 is 4.39 Å². The van der Waals surface area contributed by atoms with Gasteiger partial charge in [-0.1, -0.05) is 19.9 Å². The Morgan fingerprint density at radius 3 is 2.65 bits per heavy atom. The molecule has 5 aromatic rings. The number of hydrogen-bond acceptors (Lipinski definition) is 4. The molecule has 0 fully saturated rings. The third kappa shape index (κ3) is 4.77. The number of aromatic nitrogens is 4. The second-order valence-electron chi connectivity index (χ2n) is 9.42. The first-order chi connectivity index (χ1) is 17.6. The van der Waals surface area contributed by atoms with E-state index in [4.69, 9.17) is 4.98 Å². The molecule has 0 aliphatic rings. The monoisotopic (exact) mass is 614 g/mol. The number of nitrogens with zero attached hydrogens (tertiary/aromatic N) is 3. The van der Waals surface area contributed by atoms with E-state index in [1.807, 2.05) is 61.6 Å². The molecule has 1 amide bonds. The van der Waals surface area contributed by atoms with Gasteiger partial charge in [0.05, 0.1) is 45.9 Å². The number of anilines is 2. The lowest BCUT2D eigenvalue weighted by Crippen LogP contribution is -2.33. The van der Waals surface area contributed by atoms with Gasteiger partial charge in [0.15, 0.2) is 5.82 Å². The highest BCUT2D eigenvalue weighted by molar-refractivity contribution is 14.1. The van der Waals surface area contributed by atoms with Gasteiger partial charge in [-0.15, -0.1) is 0 Å². The van der Waals surface area contributed by atoms with Crippen molar-refractivity contribution in [3.63, 3.8) is 0 Å². The standard InChI is InChI=1S/C27H25F2IN6O/c1-13(2)23(26-33-19-7-5-14(3)9-20(19)34-26)35-27(37)16-11-21-25(31-12-36(21)4)22(29)24(16)32-18-8-6-15(30)10-17(18)28/h5-13,23,32H,1-4H3,(H,33,34)(H,35,37). The minimum Gasteiger partial charge on any atom is -0.350 e. The Morgan fingerprint density at radius 1 is 1.14 bits per heavy atom. The van der Waals surface area contributed by atoms with Crippen LogP contribution in [0.4, 0.5) is 20.2 Å². The van der Waals surface area contributed by atoms with Crippen LogP contribution in [0.5, 0.6) is 0 Å². The number of halogens is 3. The number of benzene rings is 3. The lowest BCUT2D eigenvalue weighted by Gasteiger charge is -2.22. The summed E-state index contributed by atoms with van der Waals surface area (Å²) >= 11 is 2.00. The number of nitrogens with one attached hydrogen (secondary N) is 3. The lowest BCUT2D eigenvalue weighted by atomic mass is 10.0. The van der Waals surface area contributed by atoms with Crippen molar-refractivity contribution in [1.82, 2.24) is 24.8 Å². The second-order valence-corrected chi connectivity index (χ2v) is 10.7. The van der Waals surface area contributed by atoms with Gasteiger partial charge in [-0.05, 0) is 77.4 Å². The number of aromatic amines is 1. The largest absolute Gasteiger partial charge is 0.350 e. The SMILES string of the molecule is Cc1ccc2[nH]c(C(NC(=O)c3cc4c(ncn4C)c(F)c3Nc3ccc(I)cc3F)C(C)C)nc2c1. The van der Waals surface area contributed by atoms with E-state index in [2.05, 4.69) is 20.6 Å². The number of carbonyl (C=O) groups excluding carboxylic acids is 1. The number of amides is 1. The molecular weight excluding hydrogens is 589 g/mol. The summed E-state index contributed by atoms with van der Waals surface area (Å²) in [6.45, 7) is 5.92. The molecule has 0 bridgehead atoms. The van der Waals surface area contributed by atoms with E-state index in [0.717, 1.165) is 16.6 Å². The fourth-order valence-corrected chi connectivity index (χ4v) is 4.76. The van der Waals surface area contributed by atoms with Gasteiger partial charge in [-0.25, -0.2) is 18.7 Å². The fraction of sp³-hybridized carbons (Fsp3) is 0.222. The Kier molecular flexibility index (Phi) is 6.61. The first-order valence-corrected chi connectivity index (χ1v) is 12.8. The van der Waals surface area contributed by atoms with Crippen LogP contribution in [0.15, 0.2) is 48.8 Å². The van der Waals surface area contributed by atoms with Crippen LogP contribution < -0.4 is 10.6 Å². The third-order valence-electron chi connectivity index (χ3n) is 6.30. The molecule has 3 N–H and O–H groups in total. The lowest BCUT2D eigenvalue weighted by molar-refractivity contribution is 0.0924. The molecule has 1 unspecified atom stereocenters. The summed E-state index contributed by atoms with van der Waals surface area (Å²) in [6, 6.07) is 11.5. The second kappa shape index (κ2) is 9.73. The highest BCUT2D eigenvalue weighted by atomic mass is 127. The Hall–Kier alpha value is -3.54. The summed E-state index contributed by atoms with van der Waals surface area (Å²) in [4.78, 5) is 25.8. The summed E-state index contributed by atoms with van der Waals surface area (Å²) in [5, 5.41) is 5.82. The average molecular weight is 614 g/mol. The predicted octanol–water partition coefficient (Wildman–Crippen LogP) is 6.51. The van der Waals surface area contributed by atoms with E-state index in [1.54, 1.807) is 23.7 Å². The van der Waals surface area contributed by atoms with Crippen molar-refractivity contribution >= 4 is 61.9 Å². The number of hydrogen-bond donors (Lipinski definition) is 3. The van der Waals surface area contributed by atoms with Crippen LogP contribution in [-0.4, -0.2) is 25.4 Å². The van der Waals surface area contributed by atoms with Crippen molar-refractivity contribution in [3.8, 4) is 0 Å². The number of H-pyrrole nitrogens is 1. The number of aryl methyl sites for hydroxylation is 2. The summed E-state index contributed by atoms with van der Waals surface area (Å²) in [5.41, 5.74) is 3.20. The molecule has 0 radical (unpaired) electrons. The molecule has 7 nitrogen and oxygen atoms in total. The summed E-state index contributed by atoms with van der Waals surface area (Å²) in [6.07, 6.45) is 1.47. The van der Waals surface area contributed by atoms with Gasteiger partial charge in [0.25, 0.3) is 5.91 Å². The summed E-state index contributed by atoms with van der Waals surface area (Å²) < 4.78 is 32.7. The van der Waals surface area contributed by atoms with Gasteiger partial charge < -0.3 is 20.2 Å². The average Bonchev–Trinajstić information content (AvgIpc) is 3.43. The Balaban J connectivity index is 1.57. The highest BCUT2D eigenvalue weighted by Gasteiger charge is 2.27. The van der Waals surface area contributed by atoms with Gasteiger partial charge in [0.2, 0.25) is 0 Å².